The summed E-state index contributed by atoms with van der Waals surface area (Å²) in [6, 6.07) is 0. The van der Waals surface area contributed by atoms with Crippen LogP contribution in [0.5, 0.6) is 0 Å². The van der Waals surface area contributed by atoms with Gasteiger partial charge in [0, 0.05) is 0 Å². The third kappa shape index (κ3) is 5.86. The number of aliphatic hydroxyl groups excluding tert-OH is 1. The standard InChI is InChI=1S/C7H10O.C3H8/c8-6-7-4-2-1-3-5-7;1-3-2/h2,4-5,8H,1,3,6H2;3H2,1-2H3. The minimum absolute atomic E-state index is 0.191. The van der Waals surface area contributed by atoms with Gasteiger partial charge in [0.1, 0.15) is 0 Å². The Balaban J connectivity index is 0.000000292. The van der Waals surface area contributed by atoms with Gasteiger partial charge >= 0.3 is 0 Å². The molecule has 64 valence electrons. The molecule has 1 aliphatic rings. The van der Waals surface area contributed by atoms with Gasteiger partial charge in [0.05, 0.1) is 6.61 Å². The van der Waals surface area contributed by atoms with E-state index < -0.39 is 0 Å². The van der Waals surface area contributed by atoms with E-state index in [1.54, 1.807) is 0 Å². The zero-order chi connectivity index (χ0) is 8.53. The molecular weight excluding hydrogens is 136 g/mol. The molecule has 1 aliphatic carbocycles. The molecule has 11 heavy (non-hydrogen) atoms. The van der Waals surface area contributed by atoms with Crippen LogP contribution in [0.4, 0.5) is 0 Å². The van der Waals surface area contributed by atoms with Crippen LogP contribution in [0.25, 0.3) is 0 Å². The van der Waals surface area contributed by atoms with Crippen LogP contribution >= 0.6 is 0 Å². The largest absolute Gasteiger partial charge is 0.392 e. The molecule has 0 unspecified atom stereocenters. The first kappa shape index (κ1) is 10.4. The molecule has 1 N–H and O–H groups in total. The summed E-state index contributed by atoms with van der Waals surface area (Å²) in [5.41, 5.74) is 1.05. The predicted octanol–water partition coefficient (Wildman–Crippen LogP) is 2.67. The zero-order valence-corrected chi connectivity index (χ0v) is 7.51. The summed E-state index contributed by atoms with van der Waals surface area (Å²) in [4.78, 5) is 0. The monoisotopic (exact) mass is 154 g/mol. The second-order valence-electron chi connectivity index (χ2n) is 2.62. The van der Waals surface area contributed by atoms with Crippen LogP contribution in [0.2, 0.25) is 0 Å². The second-order valence-corrected chi connectivity index (χ2v) is 2.62. The Morgan fingerprint density at radius 1 is 1.36 bits per heavy atom. The fourth-order valence-electron chi connectivity index (χ4n) is 0.785. The van der Waals surface area contributed by atoms with E-state index in [1.165, 1.54) is 6.42 Å². The third-order valence-electron chi connectivity index (χ3n) is 1.25. The summed E-state index contributed by atoms with van der Waals surface area (Å²) in [5, 5.41) is 8.57. The van der Waals surface area contributed by atoms with E-state index in [9.17, 15) is 0 Å². The Labute approximate surface area is 69.4 Å². The SMILES string of the molecule is CCC.OCC1=CCCC=C1. The predicted molar refractivity (Wildman–Crippen MR) is 49.5 cm³/mol. The molecule has 1 nitrogen and oxygen atoms in total. The van der Waals surface area contributed by atoms with Gasteiger partial charge in [-0.15, -0.1) is 0 Å². The molecule has 0 saturated carbocycles. The first-order valence-electron chi connectivity index (χ1n) is 4.31. The van der Waals surface area contributed by atoms with Crippen molar-refractivity contribution in [2.45, 2.75) is 33.1 Å². The van der Waals surface area contributed by atoms with Crippen LogP contribution in [0.15, 0.2) is 23.8 Å². The fraction of sp³-hybridized carbons (Fsp3) is 0.600. The van der Waals surface area contributed by atoms with Crippen LogP contribution in [0.1, 0.15) is 33.1 Å². The van der Waals surface area contributed by atoms with Crippen molar-refractivity contribution in [3.05, 3.63) is 23.8 Å². The summed E-state index contributed by atoms with van der Waals surface area (Å²) in [7, 11) is 0. The summed E-state index contributed by atoms with van der Waals surface area (Å²) in [5.74, 6) is 0. The minimum Gasteiger partial charge on any atom is -0.392 e. The maximum atomic E-state index is 8.57. The van der Waals surface area contributed by atoms with Gasteiger partial charge in [0.15, 0.2) is 0 Å². The van der Waals surface area contributed by atoms with Crippen LogP contribution in [-0.4, -0.2) is 11.7 Å². The van der Waals surface area contributed by atoms with Gasteiger partial charge in [-0.2, -0.15) is 0 Å². The van der Waals surface area contributed by atoms with Crippen LogP contribution in [0.3, 0.4) is 0 Å². The first-order valence-corrected chi connectivity index (χ1v) is 4.31. The highest BCUT2D eigenvalue weighted by Gasteiger charge is 1.91. The average molecular weight is 154 g/mol. The molecule has 0 atom stereocenters. The van der Waals surface area contributed by atoms with Crippen LogP contribution in [-0.2, 0) is 0 Å². The summed E-state index contributed by atoms with van der Waals surface area (Å²) < 4.78 is 0. The van der Waals surface area contributed by atoms with Crippen molar-refractivity contribution < 1.29 is 5.11 Å². The highest BCUT2D eigenvalue weighted by molar-refractivity contribution is 5.21. The van der Waals surface area contributed by atoms with Crippen molar-refractivity contribution >= 4 is 0 Å². The van der Waals surface area contributed by atoms with Gasteiger partial charge < -0.3 is 5.11 Å². The van der Waals surface area contributed by atoms with Crippen molar-refractivity contribution in [3.8, 4) is 0 Å². The summed E-state index contributed by atoms with van der Waals surface area (Å²) >= 11 is 0. The molecule has 0 amide bonds. The molecule has 0 aromatic heterocycles. The fourth-order valence-corrected chi connectivity index (χ4v) is 0.785. The molecule has 1 rings (SSSR count). The van der Waals surface area contributed by atoms with E-state index >= 15 is 0 Å². The summed E-state index contributed by atoms with van der Waals surface area (Å²) in [6.07, 6.45) is 9.60. The van der Waals surface area contributed by atoms with Gasteiger partial charge in [0.25, 0.3) is 0 Å². The van der Waals surface area contributed by atoms with E-state index in [-0.39, 0.29) is 6.61 Å². The van der Waals surface area contributed by atoms with Gasteiger partial charge in [-0.05, 0) is 18.4 Å². The Morgan fingerprint density at radius 2 is 2.00 bits per heavy atom. The normalized spacial score (nSPS) is 15.0. The second kappa shape index (κ2) is 7.55. The molecule has 0 aromatic carbocycles. The highest BCUT2D eigenvalue weighted by atomic mass is 16.3. The van der Waals surface area contributed by atoms with Gasteiger partial charge in [0.2, 0.25) is 0 Å². The molecule has 0 bridgehead atoms. The molecule has 0 aliphatic heterocycles. The van der Waals surface area contributed by atoms with E-state index in [0.29, 0.717) is 0 Å². The average Bonchev–Trinajstić information content (AvgIpc) is 2.08. The van der Waals surface area contributed by atoms with E-state index in [4.69, 9.17) is 5.11 Å². The lowest BCUT2D eigenvalue weighted by molar-refractivity contribution is 0.334. The lowest BCUT2D eigenvalue weighted by Gasteiger charge is -2.00. The number of aliphatic hydroxyl groups is 1. The molecule has 0 aromatic rings. The molecular formula is C10H18O. The Bertz CT molecular complexity index is 134. The Kier molecular flexibility index (Phi) is 7.16. The molecule has 1 heteroatoms. The van der Waals surface area contributed by atoms with Crippen molar-refractivity contribution in [1.29, 1.82) is 0 Å². The quantitative estimate of drug-likeness (QED) is 0.615. The van der Waals surface area contributed by atoms with Crippen LogP contribution < -0.4 is 0 Å². The zero-order valence-electron chi connectivity index (χ0n) is 7.51. The van der Waals surface area contributed by atoms with Gasteiger partial charge in [-0.25, -0.2) is 0 Å². The lowest BCUT2D eigenvalue weighted by Crippen LogP contribution is -1.88. The van der Waals surface area contributed by atoms with Gasteiger partial charge in [-0.3, -0.25) is 0 Å². The first-order chi connectivity index (χ1) is 5.35. The topological polar surface area (TPSA) is 20.2 Å². The summed E-state index contributed by atoms with van der Waals surface area (Å²) in [6.45, 7) is 4.44. The number of allylic oxidation sites excluding steroid dienone is 2. The van der Waals surface area contributed by atoms with E-state index in [1.807, 2.05) is 6.08 Å². The molecule has 0 spiro atoms. The minimum atomic E-state index is 0.191. The van der Waals surface area contributed by atoms with Gasteiger partial charge in [-0.1, -0.05) is 38.5 Å². The lowest BCUT2D eigenvalue weighted by atomic mass is 10.1. The van der Waals surface area contributed by atoms with Crippen LogP contribution in [0, 0.1) is 0 Å². The number of hydrogen-bond acceptors (Lipinski definition) is 1. The van der Waals surface area contributed by atoms with Crippen molar-refractivity contribution in [1.82, 2.24) is 0 Å². The number of rotatable bonds is 1. The smallest absolute Gasteiger partial charge is 0.0678 e. The molecule has 0 heterocycles. The Morgan fingerprint density at radius 3 is 2.27 bits per heavy atom. The number of hydrogen-bond donors (Lipinski definition) is 1. The molecule has 0 saturated heterocycles. The molecule has 0 radical (unpaired) electrons. The van der Waals surface area contributed by atoms with E-state index in [2.05, 4.69) is 26.0 Å². The Hall–Kier alpha value is -0.560. The maximum Gasteiger partial charge on any atom is 0.0678 e. The van der Waals surface area contributed by atoms with Crippen molar-refractivity contribution in [3.63, 3.8) is 0 Å². The van der Waals surface area contributed by atoms with E-state index in [0.717, 1.165) is 18.4 Å². The maximum absolute atomic E-state index is 8.57. The molecule has 0 fully saturated rings. The highest BCUT2D eigenvalue weighted by Crippen LogP contribution is 2.07. The van der Waals surface area contributed by atoms with Crippen molar-refractivity contribution in [2.75, 3.05) is 6.61 Å². The third-order valence-corrected chi connectivity index (χ3v) is 1.25. The van der Waals surface area contributed by atoms with Crippen molar-refractivity contribution in [2.24, 2.45) is 0 Å².